The Balaban J connectivity index is 2.20. The van der Waals surface area contributed by atoms with Gasteiger partial charge in [0, 0.05) is 17.4 Å². The van der Waals surface area contributed by atoms with E-state index in [4.69, 9.17) is 5.73 Å². The van der Waals surface area contributed by atoms with Crippen LogP contribution in [0.25, 0.3) is 0 Å². The summed E-state index contributed by atoms with van der Waals surface area (Å²) in [6, 6.07) is 8.82. The van der Waals surface area contributed by atoms with Crippen molar-refractivity contribution in [1.82, 2.24) is 9.97 Å². The van der Waals surface area contributed by atoms with E-state index in [1.54, 1.807) is 6.92 Å². The zero-order valence-corrected chi connectivity index (χ0v) is 10.8. The summed E-state index contributed by atoms with van der Waals surface area (Å²) in [4.78, 5) is 17.9. The molecular weight excluding hydrogens is 242 g/mol. The highest BCUT2D eigenvalue weighted by atomic mass is 16.1. The lowest BCUT2D eigenvalue weighted by molar-refractivity contribution is 1.04. The summed E-state index contributed by atoms with van der Waals surface area (Å²) in [5, 5.41) is 4.17. The number of rotatable bonds is 3. The Hall–Kier alpha value is -2.63. The summed E-state index contributed by atoms with van der Waals surface area (Å²) in [5.41, 5.74) is 11.2. The lowest BCUT2D eigenvalue weighted by atomic mass is 10.1. The van der Waals surface area contributed by atoms with Crippen molar-refractivity contribution in [2.24, 2.45) is 5.10 Å². The van der Waals surface area contributed by atoms with Crippen molar-refractivity contribution < 1.29 is 0 Å². The van der Waals surface area contributed by atoms with Crippen LogP contribution in [-0.2, 0) is 0 Å². The Morgan fingerprint density at radius 3 is 2.89 bits per heavy atom. The molecule has 0 saturated heterocycles. The number of nitrogens with zero attached hydrogens (tertiary/aromatic N) is 2. The molecule has 0 spiro atoms. The van der Waals surface area contributed by atoms with Crippen LogP contribution in [0.15, 0.2) is 40.2 Å². The predicted octanol–water partition coefficient (Wildman–Crippen LogP) is 1.50. The third-order valence-electron chi connectivity index (χ3n) is 2.50. The standard InChI is InChI=1S/C13H15N5O/c1-8-6-12(19)16-13(15-8)18-17-9(2)10-4-3-5-11(14)7-10/h3-7H,14H2,1-2H3,(H2,15,16,18,19)/b17-9+. The number of hydrazone groups is 1. The molecule has 4 N–H and O–H groups in total. The zero-order valence-electron chi connectivity index (χ0n) is 10.8. The summed E-state index contributed by atoms with van der Waals surface area (Å²) in [7, 11) is 0. The minimum Gasteiger partial charge on any atom is -0.399 e. The fourth-order valence-electron chi connectivity index (χ4n) is 1.60. The SMILES string of the molecule is C/C(=N\Nc1nc(C)cc(=O)[nH]1)c1cccc(N)c1. The van der Waals surface area contributed by atoms with Gasteiger partial charge in [-0.2, -0.15) is 5.10 Å². The number of hydrogen-bond acceptors (Lipinski definition) is 5. The van der Waals surface area contributed by atoms with Gasteiger partial charge >= 0.3 is 0 Å². The van der Waals surface area contributed by atoms with Gasteiger partial charge in [0.1, 0.15) is 0 Å². The van der Waals surface area contributed by atoms with E-state index >= 15 is 0 Å². The molecule has 98 valence electrons. The molecule has 0 radical (unpaired) electrons. The third-order valence-corrected chi connectivity index (χ3v) is 2.50. The van der Waals surface area contributed by atoms with E-state index in [-0.39, 0.29) is 5.56 Å². The first-order valence-corrected chi connectivity index (χ1v) is 5.79. The molecule has 1 aromatic carbocycles. The number of aromatic nitrogens is 2. The molecule has 2 aromatic rings. The number of nitrogens with one attached hydrogen (secondary N) is 2. The zero-order chi connectivity index (χ0) is 13.8. The Labute approximate surface area is 110 Å². The quantitative estimate of drug-likeness (QED) is 0.441. The molecule has 0 amide bonds. The summed E-state index contributed by atoms with van der Waals surface area (Å²) in [6.07, 6.45) is 0. The highest BCUT2D eigenvalue weighted by Gasteiger charge is 1.99. The summed E-state index contributed by atoms with van der Waals surface area (Å²) < 4.78 is 0. The molecule has 6 heteroatoms. The Morgan fingerprint density at radius 1 is 1.42 bits per heavy atom. The first-order chi connectivity index (χ1) is 9.04. The van der Waals surface area contributed by atoms with Crippen LogP contribution in [0.4, 0.5) is 11.6 Å². The minimum absolute atomic E-state index is 0.216. The van der Waals surface area contributed by atoms with Gasteiger partial charge in [-0.3, -0.25) is 9.78 Å². The molecule has 0 unspecified atom stereocenters. The normalized spacial score (nSPS) is 11.4. The second kappa shape index (κ2) is 5.34. The van der Waals surface area contributed by atoms with Crippen LogP contribution in [0.3, 0.4) is 0 Å². The molecule has 0 bridgehead atoms. The fourth-order valence-corrected chi connectivity index (χ4v) is 1.60. The summed E-state index contributed by atoms with van der Waals surface area (Å²) >= 11 is 0. The summed E-state index contributed by atoms with van der Waals surface area (Å²) in [6.45, 7) is 3.59. The predicted molar refractivity (Wildman–Crippen MR) is 76.3 cm³/mol. The van der Waals surface area contributed by atoms with Crippen molar-refractivity contribution in [3.05, 3.63) is 51.9 Å². The molecule has 6 nitrogen and oxygen atoms in total. The third kappa shape index (κ3) is 3.41. The number of nitrogens with two attached hydrogens (primary N) is 1. The monoisotopic (exact) mass is 257 g/mol. The number of anilines is 2. The highest BCUT2D eigenvalue weighted by molar-refractivity contribution is 5.99. The van der Waals surface area contributed by atoms with E-state index in [0.29, 0.717) is 17.3 Å². The van der Waals surface area contributed by atoms with Crippen molar-refractivity contribution in [3.63, 3.8) is 0 Å². The van der Waals surface area contributed by atoms with Gasteiger partial charge in [-0.05, 0) is 31.5 Å². The first kappa shape index (κ1) is 12.8. The van der Waals surface area contributed by atoms with Crippen LogP contribution in [0.2, 0.25) is 0 Å². The van der Waals surface area contributed by atoms with Gasteiger partial charge in [-0.1, -0.05) is 12.1 Å². The van der Waals surface area contributed by atoms with E-state index in [2.05, 4.69) is 20.5 Å². The van der Waals surface area contributed by atoms with Gasteiger partial charge < -0.3 is 5.73 Å². The minimum atomic E-state index is -0.216. The Bertz CT molecular complexity index is 675. The number of benzene rings is 1. The van der Waals surface area contributed by atoms with Crippen LogP contribution in [0, 0.1) is 6.92 Å². The lowest BCUT2D eigenvalue weighted by Gasteiger charge is -2.04. The van der Waals surface area contributed by atoms with Gasteiger partial charge in [0.25, 0.3) is 5.56 Å². The van der Waals surface area contributed by atoms with Crippen LogP contribution >= 0.6 is 0 Å². The molecule has 1 aromatic heterocycles. The smallest absolute Gasteiger partial charge is 0.252 e. The molecular formula is C13H15N5O. The summed E-state index contributed by atoms with van der Waals surface area (Å²) in [5.74, 6) is 0.313. The highest BCUT2D eigenvalue weighted by Crippen LogP contribution is 2.08. The molecule has 0 aliphatic carbocycles. The van der Waals surface area contributed by atoms with E-state index in [9.17, 15) is 4.79 Å². The first-order valence-electron chi connectivity index (χ1n) is 5.79. The number of hydrogen-bond donors (Lipinski definition) is 3. The van der Waals surface area contributed by atoms with Crippen molar-refractivity contribution in [2.45, 2.75) is 13.8 Å². The van der Waals surface area contributed by atoms with Crippen molar-refractivity contribution in [3.8, 4) is 0 Å². The van der Waals surface area contributed by atoms with Gasteiger partial charge in [0.15, 0.2) is 0 Å². The van der Waals surface area contributed by atoms with Crippen LogP contribution in [0.1, 0.15) is 18.2 Å². The van der Waals surface area contributed by atoms with E-state index in [0.717, 1.165) is 11.3 Å². The largest absolute Gasteiger partial charge is 0.399 e. The Kier molecular flexibility index (Phi) is 3.61. The maximum atomic E-state index is 11.3. The number of H-pyrrole nitrogens is 1. The maximum absolute atomic E-state index is 11.3. The molecule has 2 rings (SSSR count). The average molecular weight is 257 g/mol. The molecule has 1 heterocycles. The fraction of sp³-hybridized carbons (Fsp3) is 0.154. The lowest BCUT2D eigenvalue weighted by Crippen LogP contribution is -2.11. The molecule has 19 heavy (non-hydrogen) atoms. The molecule has 0 aliphatic rings. The molecule has 0 saturated carbocycles. The van der Waals surface area contributed by atoms with Crippen LogP contribution in [0.5, 0.6) is 0 Å². The second-order valence-corrected chi connectivity index (χ2v) is 4.17. The van der Waals surface area contributed by atoms with E-state index in [1.165, 1.54) is 6.07 Å². The topological polar surface area (TPSA) is 96.2 Å². The van der Waals surface area contributed by atoms with Crippen LogP contribution < -0.4 is 16.7 Å². The van der Waals surface area contributed by atoms with Gasteiger partial charge in [0.05, 0.1) is 5.71 Å². The van der Waals surface area contributed by atoms with E-state index < -0.39 is 0 Å². The number of aromatic amines is 1. The molecule has 0 atom stereocenters. The molecule has 0 aliphatic heterocycles. The Morgan fingerprint density at radius 2 is 2.21 bits per heavy atom. The number of nitrogen functional groups attached to an aromatic ring is 1. The van der Waals surface area contributed by atoms with Gasteiger partial charge in [-0.15, -0.1) is 0 Å². The van der Waals surface area contributed by atoms with E-state index in [1.807, 2.05) is 31.2 Å². The van der Waals surface area contributed by atoms with Crippen LogP contribution in [-0.4, -0.2) is 15.7 Å². The van der Waals surface area contributed by atoms with Gasteiger partial charge in [-0.25, -0.2) is 10.4 Å². The van der Waals surface area contributed by atoms with Crippen molar-refractivity contribution >= 4 is 17.3 Å². The number of aryl methyl sites for hydroxylation is 1. The van der Waals surface area contributed by atoms with Crippen molar-refractivity contribution in [1.29, 1.82) is 0 Å². The molecule has 0 fully saturated rings. The maximum Gasteiger partial charge on any atom is 0.252 e. The van der Waals surface area contributed by atoms with Crippen molar-refractivity contribution in [2.75, 3.05) is 11.2 Å². The van der Waals surface area contributed by atoms with Gasteiger partial charge in [0.2, 0.25) is 5.95 Å². The second-order valence-electron chi connectivity index (χ2n) is 4.17. The average Bonchev–Trinajstić information content (AvgIpc) is 2.35.